The van der Waals surface area contributed by atoms with E-state index in [4.69, 9.17) is 4.74 Å². The number of fused-ring (bicyclic) bond motifs is 1. The fourth-order valence-corrected chi connectivity index (χ4v) is 2.64. The van der Waals surface area contributed by atoms with Crippen LogP contribution in [0, 0.1) is 5.92 Å². The maximum absolute atomic E-state index is 5.47. The number of nitrogens with zero attached hydrogens (tertiary/aromatic N) is 2. The Bertz CT molecular complexity index is 509. The van der Waals surface area contributed by atoms with Crippen molar-refractivity contribution in [1.82, 2.24) is 9.97 Å². The maximum Gasteiger partial charge on any atom is 0.161 e. The van der Waals surface area contributed by atoms with Crippen LogP contribution in [0.4, 0.5) is 5.82 Å². The van der Waals surface area contributed by atoms with Gasteiger partial charge in [-0.05, 0) is 17.4 Å². The Morgan fingerprint density at radius 1 is 1.35 bits per heavy atom. The van der Waals surface area contributed by atoms with Crippen LogP contribution in [0.15, 0.2) is 11.4 Å². The van der Waals surface area contributed by atoms with Crippen LogP contribution in [-0.2, 0) is 4.74 Å². The van der Waals surface area contributed by atoms with E-state index in [0.717, 1.165) is 21.9 Å². The van der Waals surface area contributed by atoms with Gasteiger partial charge in [0.2, 0.25) is 0 Å². The Morgan fingerprint density at radius 3 is 2.71 bits per heavy atom. The van der Waals surface area contributed by atoms with Crippen LogP contribution in [0.5, 0.6) is 0 Å². The number of methoxy groups -OCH3 is 1. The van der Waals surface area contributed by atoms with Crippen LogP contribution >= 0.6 is 11.3 Å². The van der Waals surface area contributed by atoms with Crippen LogP contribution in [0.1, 0.15) is 25.8 Å². The molecule has 2 rings (SSSR count). The minimum atomic E-state index is -0.0615. The van der Waals surface area contributed by atoms with Crippen molar-refractivity contribution in [2.45, 2.75) is 20.0 Å². The minimum absolute atomic E-state index is 0.0615. The molecule has 1 atom stereocenters. The van der Waals surface area contributed by atoms with E-state index in [1.54, 1.807) is 18.4 Å². The van der Waals surface area contributed by atoms with E-state index in [1.807, 2.05) is 18.5 Å². The number of rotatable bonds is 4. The Labute approximate surface area is 105 Å². The third-order valence-corrected chi connectivity index (χ3v) is 3.50. The summed E-state index contributed by atoms with van der Waals surface area (Å²) in [5, 5.41) is 6.21. The summed E-state index contributed by atoms with van der Waals surface area (Å²) in [6.45, 7) is 4.21. The van der Waals surface area contributed by atoms with Gasteiger partial charge in [-0.15, -0.1) is 11.3 Å². The second kappa shape index (κ2) is 4.98. The molecule has 0 saturated carbocycles. The van der Waals surface area contributed by atoms with E-state index >= 15 is 0 Å². The molecule has 0 fully saturated rings. The van der Waals surface area contributed by atoms with E-state index in [-0.39, 0.29) is 6.10 Å². The van der Waals surface area contributed by atoms with Crippen molar-refractivity contribution in [3.8, 4) is 0 Å². The molecule has 0 radical (unpaired) electrons. The second-order valence-corrected chi connectivity index (χ2v) is 5.11. The number of ether oxygens (including phenoxy) is 1. The molecule has 0 aliphatic heterocycles. The molecule has 0 aromatic carbocycles. The number of nitrogens with one attached hydrogen (secondary N) is 1. The Hall–Kier alpha value is -1.20. The molecular weight excluding hydrogens is 234 g/mol. The molecule has 0 aliphatic rings. The standard InChI is InChI=1S/C12H17N3OS/c1-7(2)9(16-4)11-14-10(13-3)8-5-6-17-12(8)15-11/h5-7,9H,1-4H3,(H,13,14,15). The molecule has 2 aromatic heterocycles. The summed E-state index contributed by atoms with van der Waals surface area (Å²) in [6, 6.07) is 2.03. The van der Waals surface area contributed by atoms with Gasteiger partial charge in [-0.25, -0.2) is 9.97 Å². The van der Waals surface area contributed by atoms with Gasteiger partial charge < -0.3 is 10.1 Å². The number of hydrogen-bond donors (Lipinski definition) is 1. The summed E-state index contributed by atoms with van der Waals surface area (Å²) in [5.41, 5.74) is 0. The van der Waals surface area contributed by atoms with Crippen LogP contribution in [0.2, 0.25) is 0 Å². The highest BCUT2D eigenvalue weighted by molar-refractivity contribution is 7.16. The molecule has 0 spiro atoms. The zero-order chi connectivity index (χ0) is 12.4. The van der Waals surface area contributed by atoms with Crippen molar-refractivity contribution in [1.29, 1.82) is 0 Å². The number of anilines is 1. The van der Waals surface area contributed by atoms with Gasteiger partial charge in [0.1, 0.15) is 16.8 Å². The van der Waals surface area contributed by atoms with Crippen molar-refractivity contribution in [3.63, 3.8) is 0 Å². The second-order valence-electron chi connectivity index (χ2n) is 4.22. The monoisotopic (exact) mass is 251 g/mol. The molecular formula is C12H17N3OS. The van der Waals surface area contributed by atoms with Gasteiger partial charge in [-0.3, -0.25) is 0 Å². The zero-order valence-electron chi connectivity index (χ0n) is 10.5. The van der Waals surface area contributed by atoms with Crippen LogP contribution in [0.25, 0.3) is 10.2 Å². The van der Waals surface area contributed by atoms with Gasteiger partial charge in [-0.1, -0.05) is 13.8 Å². The lowest BCUT2D eigenvalue weighted by Gasteiger charge is -2.18. The van der Waals surface area contributed by atoms with Crippen molar-refractivity contribution in [2.24, 2.45) is 5.92 Å². The van der Waals surface area contributed by atoms with Crippen molar-refractivity contribution in [3.05, 3.63) is 17.3 Å². The highest BCUT2D eigenvalue weighted by Crippen LogP contribution is 2.29. The largest absolute Gasteiger partial charge is 0.373 e. The molecule has 2 heterocycles. The molecule has 2 aromatic rings. The molecule has 0 saturated heterocycles. The topological polar surface area (TPSA) is 47.0 Å². The molecule has 92 valence electrons. The molecule has 0 bridgehead atoms. The predicted molar refractivity (Wildman–Crippen MR) is 71.5 cm³/mol. The van der Waals surface area contributed by atoms with E-state index < -0.39 is 0 Å². The molecule has 5 heteroatoms. The first-order valence-electron chi connectivity index (χ1n) is 5.63. The Morgan fingerprint density at radius 2 is 2.12 bits per heavy atom. The van der Waals surface area contributed by atoms with E-state index in [9.17, 15) is 0 Å². The van der Waals surface area contributed by atoms with Gasteiger partial charge >= 0.3 is 0 Å². The average Bonchev–Trinajstić information content (AvgIpc) is 2.76. The first kappa shape index (κ1) is 12.3. The summed E-state index contributed by atoms with van der Waals surface area (Å²) >= 11 is 1.62. The number of aromatic nitrogens is 2. The average molecular weight is 251 g/mol. The van der Waals surface area contributed by atoms with E-state index in [1.165, 1.54) is 0 Å². The summed E-state index contributed by atoms with van der Waals surface area (Å²) < 4.78 is 5.47. The van der Waals surface area contributed by atoms with Gasteiger partial charge in [0, 0.05) is 14.2 Å². The molecule has 0 amide bonds. The fraction of sp³-hybridized carbons (Fsp3) is 0.500. The first-order valence-corrected chi connectivity index (χ1v) is 6.51. The van der Waals surface area contributed by atoms with Crippen molar-refractivity contribution < 1.29 is 4.74 Å². The predicted octanol–water partition coefficient (Wildman–Crippen LogP) is 3.08. The summed E-state index contributed by atoms with van der Waals surface area (Å²) in [4.78, 5) is 10.1. The van der Waals surface area contributed by atoms with Gasteiger partial charge in [-0.2, -0.15) is 0 Å². The quantitative estimate of drug-likeness (QED) is 0.907. The summed E-state index contributed by atoms with van der Waals surface area (Å²) in [7, 11) is 3.58. The highest BCUT2D eigenvalue weighted by atomic mass is 32.1. The van der Waals surface area contributed by atoms with Crippen LogP contribution in [-0.4, -0.2) is 24.1 Å². The van der Waals surface area contributed by atoms with Crippen molar-refractivity contribution in [2.75, 3.05) is 19.5 Å². The Balaban J connectivity index is 2.54. The molecule has 1 unspecified atom stereocenters. The summed E-state index contributed by atoms with van der Waals surface area (Å²) in [6.07, 6.45) is -0.0615. The van der Waals surface area contributed by atoms with E-state index in [0.29, 0.717) is 5.92 Å². The lowest BCUT2D eigenvalue weighted by Crippen LogP contribution is -2.13. The lowest BCUT2D eigenvalue weighted by atomic mass is 10.1. The minimum Gasteiger partial charge on any atom is -0.373 e. The van der Waals surface area contributed by atoms with Gasteiger partial charge in [0.25, 0.3) is 0 Å². The van der Waals surface area contributed by atoms with E-state index in [2.05, 4.69) is 29.1 Å². The molecule has 4 nitrogen and oxygen atoms in total. The summed E-state index contributed by atoms with van der Waals surface area (Å²) in [5.74, 6) is 1.97. The third kappa shape index (κ3) is 2.25. The normalized spacial score (nSPS) is 13.2. The van der Waals surface area contributed by atoms with Crippen LogP contribution in [0.3, 0.4) is 0 Å². The maximum atomic E-state index is 5.47. The number of thiophene rings is 1. The first-order chi connectivity index (χ1) is 8.17. The Kier molecular flexibility index (Phi) is 3.59. The third-order valence-electron chi connectivity index (χ3n) is 2.69. The van der Waals surface area contributed by atoms with Crippen molar-refractivity contribution >= 4 is 27.4 Å². The molecule has 0 aliphatic carbocycles. The lowest BCUT2D eigenvalue weighted by molar-refractivity contribution is 0.0579. The highest BCUT2D eigenvalue weighted by Gasteiger charge is 2.20. The van der Waals surface area contributed by atoms with Gasteiger partial charge in [0.15, 0.2) is 5.82 Å². The number of hydrogen-bond acceptors (Lipinski definition) is 5. The molecule has 1 N–H and O–H groups in total. The fourth-order valence-electron chi connectivity index (χ4n) is 1.87. The SMILES string of the molecule is CNc1nc(C(OC)C(C)C)nc2sccc12. The molecule has 17 heavy (non-hydrogen) atoms. The smallest absolute Gasteiger partial charge is 0.161 e. The van der Waals surface area contributed by atoms with Crippen LogP contribution < -0.4 is 5.32 Å². The van der Waals surface area contributed by atoms with Gasteiger partial charge in [0.05, 0.1) is 5.39 Å². The zero-order valence-corrected chi connectivity index (χ0v) is 11.3.